The van der Waals surface area contributed by atoms with Crippen molar-refractivity contribution in [2.24, 2.45) is 0 Å². The molecular weight excluding hydrogens is 372 g/mol. The fourth-order valence-electron chi connectivity index (χ4n) is 4.13. The van der Waals surface area contributed by atoms with E-state index in [0.717, 1.165) is 46.9 Å². The summed E-state index contributed by atoms with van der Waals surface area (Å²) in [5.41, 5.74) is 4.20. The molecule has 5 nitrogen and oxygen atoms in total. The molecule has 0 saturated carbocycles. The van der Waals surface area contributed by atoms with Crippen molar-refractivity contribution >= 4 is 11.7 Å². The van der Waals surface area contributed by atoms with Crippen LogP contribution in [0.25, 0.3) is 11.4 Å². The van der Waals surface area contributed by atoms with E-state index in [1.807, 2.05) is 84.6 Å². The van der Waals surface area contributed by atoms with Gasteiger partial charge in [-0.1, -0.05) is 67.6 Å². The highest BCUT2D eigenvalue weighted by Crippen LogP contribution is 2.31. The molecule has 1 aliphatic rings. The number of amides is 1. The SMILES string of the molecule is CC[C@@H](C(=O)N1CCc2nc(-c3ccccc3)nc(N(C)C)c2C1)c1ccccc1. The number of hydrogen-bond donors (Lipinski definition) is 0. The van der Waals surface area contributed by atoms with Crippen LogP contribution in [0.4, 0.5) is 5.82 Å². The van der Waals surface area contributed by atoms with Crippen molar-refractivity contribution in [2.75, 3.05) is 25.5 Å². The summed E-state index contributed by atoms with van der Waals surface area (Å²) in [5, 5.41) is 0. The average Bonchev–Trinajstić information content (AvgIpc) is 2.79. The molecule has 1 aromatic heterocycles. The maximum atomic E-state index is 13.4. The normalized spacial score (nSPS) is 14.2. The summed E-state index contributed by atoms with van der Waals surface area (Å²) in [5.74, 6) is 1.71. The molecule has 0 bridgehead atoms. The smallest absolute Gasteiger partial charge is 0.230 e. The van der Waals surface area contributed by atoms with Gasteiger partial charge in [-0.15, -0.1) is 0 Å². The van der Waals surface area contributed by atoms with Gasteiger partial charge in [-0.3, -0.25) is 4.79 Å². The number of hydrogen-bond acceptors (Lipinski definition) is 4. The molecule has 0 fully saturated rings. The first kappa shape index (κ1) is 20.1. The largest absolute Gasteiger partial charge is 0.362 e. The number of carbonyl (C=O) groups excluding carboxylic acids is 1. The minimum atomic E-state index is -0.111. The monoisotopic (exact) mass is 400 g/mol. The Morgan fingerprint density at radius 3 is 2.33 bits per heavy atom. The van der Waals surface area contributed by atoms with Crippen LogP contribution in [0, 0.1) is 0 Å². The summed E-state index contributed by atoms with van der Waals surface area (Å²) >= 11 is 0. The minimum Gasteiger partial charge on any atom is -0.362 e. The summed E-state index contributed by atoms with van der Waals surface area (Å²) in [6, 6.07) is 20.1. The minimum absolute atomic E-state index is 0.111. The van der Waals surface area contributed by atoms with Gasteiger partial charge in [0.05, 0.1) is 18.2 Å². The second-order valence-corrected chi connectivity index (χ2v) is 7.94. The second kappa shape index (κ2) is 8.66. The van der Waals surface area contributed by atoms with Crippen molar-refractivity contribution in [2.45, 2.75) is 32.2 Å². The van der Waals surface area contributed by atoms with Crippen molar-refractivity contribution < 1.29 is 4.79 Å². The molecule has 1 aliphatic heterocycles. The Labute approximate surface area is 178 Å². The van der Waals surface area contributed by atoms with Crippen LogP contribution in [0.5, 0.6) is 0 Å². The van der Waals surface area contributed by atoms with E-state index in [2.05, 4.69) is 6.92 Å². The summed E-state index contributed by atoms with van der Waals surface area (Å²) in [6.45, 7) is 3.32. The van der Waals surface area contributed by atoms with E-state index < -0.39 is 0 Å². The van der Waals surface area contributed by atoms with Crippen LogP contribution < -0.4 is 4.90 Å². The Hall–Kier alpha value is -3.21. The van der Waals surface area contributed by atoms with Crippen LogP contribution >= 0.6 is 0 Å². The predicted octanol–water partition coefficient (Wildman–Crippen LogP) is 4.29. The highest BCUT2D eigenvalue weighted by Gasteiger charge is 2.30. The third-order valence-corrected chi connectivity index (χ3v) is 5.71. The van der Waals surface area contributed by atoms with Crippen LogP contribution in [0.3, 0.4) is 0 Å². The third kappa shape index (κ3) is 3.92. The summed E-state index contributed by atoms with van der Waals surface area (Å²) < 4.78 is 0. The maximum Gasteiger partial charge on any atom is 0.230 e. The fraction of sp³-hybridized carbons (Fsp3) is 0.320. The second-order valence-electron chi connectivity index (χ2n) is 7.94. The molecule has 0 spiro atoms. The molecule has 30 heavy (non-hydrogen) atoms. The highest BCUT2D eigenvalue weighted by molar-refractivity contribution is 5.84. The Morgan fingerprint density at radius 1 is 1.03 bits per heavy atom. The molecule has 0 radical (unpaired) electrons. The molecule has 2 heterocycles. The van der Waals surface area contributed by atoms with E-state index in [1.54, 1.807) is 0 Å². The van der Waals surface area contributed by atoms with Crippen LogP contribution in [-0.2, 0) is 17.8 Å². The maximum absolute atomic E-state index is 13.4. The Bertz CT molecular complexity index is 1020. The lowest BCUT2D eigenvalue weighted by atomic mass is 9.93. The third-order valence-electron chi connectivity index (χ3n) is 5.71. The topological polar surface area (TPSA) is 49.3 Å². The predicted molar refractivity (Wildman–Crippen MR) is 120 cm³/mol. The zero-order chi connectivity index (χ0) is 21.1. The number of fused-ring (bicyclic) bond motifs is 1. The van der Waals surface area contributed by atoms with E-state index in [-0.39, 0.29) is 11.8 Å². The van der Waals surface area contributed by atoms with Gasteiger partial charge in [0.25, 0.3) is 0 Å². The quantitative estimate of drug-likeness (QED) is 0.641. The van der Waals surface area contributed by atoms with E-state index in [9.17, 15) is 4.79 Å². The Morgan fingerprint density at radius 2 is 1.70 bits per heavy atom. The number of rotatable bonds is 5. The molecule has 5 heteroatoms. The van der Waals surface area contributed by atoms with Gasteiger partial charge in [0, 0.05) is 38.2 Å². The van der Waals surface area contributed by atoms with Crippen molar-refractivity contribution in [1.82, 2.24) is 14.9 Å². The first-order valence-electron chi connectivity index (χ1n) is 10.5. The van der Waals surface area contributed by atoms with Gasteiger partial charge in [0.15, 0.2) is 5.82 Å². The molecule has 154 valence electrons. The van der Waals surface area contributed by atoms with Gasteiger partial charge in [-0.2, -0.15) is 0 Å². The molecule has 0 aliphatic carbocycles. The molecule has 1 amide bonds. The number of benzene rings is 2. The van der Waals surface area contributed by atoms with Crippen LogP contribution in [-0.4, -0.2) is 41.4 Å². The van der Waals surface area contributed by atoms with Crippen LogP contribution in [0.2, 0.25) is 0 Å². The van der Waals surface area contributed by atoms with Gasteiger partial charge >= 0.3 is 0 Å². The molecule has 0 N–H and O–H groups in total. The number of aromatic nitrogens is 2. The molecule has 0 saturated heterocycles. The zero-order valence-electron chi connectivity index (χ0n) is 17.9. The number of carbonyl (C=O) groups is 1. The average molecular weight is 401 g/mol. The zero-order valence-corrected chi connectivity index (χ0v) is 17.9. The molecule has 4 rings (SSSR count). The van der Waals surface area contributed by atoms with E-state index in [4.69, 9.17) is 9.97 Å². The molecule has 1 atom stereocenters. The molecular formula is C25H28N4O. The van der Waals surface area contributed by atoms with Gasteiger partial charge in [-0.25, -0.2) is 9.97 Å². The van der Waals surface area contributed by atoms with Gasteiger partial charge in [0.1, 0.15) is 5.82 Å². The van der Waals surface area contributed by atoms with Gasteiger partial charge < -0.3 is 9.80 Å². The van der Waals surface area contributed by atoms with Gasteiger partial charge in [-0.05, 0) is 12.0 Å². The lowest BCUT2D eigenvalue weighted by Crippen LogP contribution is -2.40. The van der Waals surface area contributed by atoms with Crippen molar-refractivity contribution in [1.29, 1.82) is 0 Å². The van der Waals surface area contributed by atoms with Crippen LogP contribution in [0.1, 0.15) is 36.1 Å². The first-order valence-corrected chi connectivity index (χ1v) is 10.5. The standard InChI is InChI=1S/C25H28N4O/c1-4-20(18-11-7-5-8-12-18)25(30)29-16-15-22-21(17-29)24(28(2)3)27-23(26-22)19-13-9-6-10-14-19/h5-14,20H,4,15-17H2,1-3H3/t20-/m1/s1. The van der Waals surface area contributed by atoms with Crippen LogP contribution in [0.15, 0.2) is 60.7 Å². The summed E-state index contributed by atoms with van der Waals surface area (Å²) in [7, 11) is 3.99. The first-order chi connectivity index (χ1) is 14.6. The van der Waals surface area contributed by atoms with Crippen molar-refractivity contribution in [3.05, 3.63) is 77.5 Å². The molecule has 3 aromatic rings. The van der Waals surface area contributed by atoms with Crippen molar-refractivity contribution in [3.8, 4) is 11.4 Å². The van der Waals surface area contributed by atoms with Gasteiger partial charge in [0.2, 0.25) is 5.91 Å². The number of anilines is 1. The molecule has 0 unspecified atom stereocenters. The summed E-state index contributed by atoms with van der Waals surface area (Å²) in [4.78, 5) is 27.1. The van der Waals surface area contributed by atoms with E-state index >= 15 is 0 Å². The molecule has 2 aromatic carbocycles. The van der Waals surface area contributed by atoms with E-state index in [1.165, 1.54) is 0 Å². The summed E-state index contributed by atoms with van der Waals surface area (Å²) in [6.07, 6.45) is 1.53. The number of nitrogens with zero attached hydrogens (tertiary/aromatic N) is 4. The van der Waals surface area contributed by atoms with E-state index in [0.29, 0.717) is 13.1 Å². The Balaban J connectivity index is 1.65. The Kier molecular flexibility index (Phi) is 5.79. The van der Waals surface area contributed by atoms with Crippen molar-refractivity contribution in [3.63, 3.8) is 0 Å². The fourth-order valence-corrected chi connectivity index (χ4v) is 4.13. The lowest BCUT2D eigenvalue weighted by molar-refractivity contribution is -0.133. The highest BCUT2D eigenvalue weighted by atomic mass is 16.2. The lowest BCUT2D eigenvalue weighted by Gasteiger charge is -2.33.